The molecule has 3 rings (SSSR count). The van der Waals surface area contributed by atoms with Crippen LogP contribution in [0, 0.1) is 0 Å². The zero-order valence-corrected chi connectivity index (χ0v) is 21.4. The SMILES string of the molecule is CCc1nn(-c2ccccc2)c(Oc2ccccc2)c1CN(CC(O)COC(C)(C)C)C(C)C. The second-order valence-corrected chi connectivity index (χ2v) is 9.85. The standard InChI is InChI=1S/C28H39N3O3/c1-7-26-25(19-30(21(2)3)18-23(32)20-33-28(4,5)6)27(34-24-16-12-9-13-17-24)31(29-26)22-14-10-8-11-15-22/h8-17,21,23,32H,7,18-20H2,1-6H3. The number of aryl methyl sites for hydroxylation is 1. The fourth-order valence-electron chi connectivity index (χ4n) is 3.70. The van der Waals surface area contributed by atoms with E-state index in [1.807, 2.05) is 86.1 Å². The van der Waals surface area contributed by atoms with Crippen LogP contribution >= 0.6 is 0 Å². The highest BCUT2D eigenvalue weighted by Crippen LogP contribution is 2.32. The monoisotopic (exact) mass is 465 g/mol. The molecule has 6 heteroatoms. The van der Waals surface area contributed by atoms with Gasteiger partial charge in [-0.1, -0.05) is 43.3 Å². The van der Waals surface area contributed by atoms with Crippen molar-refractivity contribution in [1.82, 2.24) is 14.7 Å². The van der Waals surface area contributed by atoms with Crippen LogP contribution in [-0.4, -0.2) is 50.7 Å². The zero-order valence-electron chi connectivity index (χ0n) is 21.4. The Balaban J connectivity index is 1.95. The van der Waals surface area contributed by atoms with Crippen molar-refractivity contribution in [3.05, 3.63) is 71.9 Å². The van der Waals surface area contributed by atoms with Crippen LogP contribution < -0.4 is 4.74 Å². The molecular formula is C28H39N3O3. The van der Waals surface area contributed by atoms with E-state index < -0.39 is 6.10 Å². The molecule has 0 saturated heterocycles. The van der Waals surface area contributed by atoms with Gasteiger partial charge in [0.2, 0.25) is 5.88 Å². The topological polar surface area (TPSA) is 59.8 Å². The van der Waals surface area contributed by atoms with Gasteiger partial charge in [0.15, 0.2) is 0 Å². The molecule has 1 unspecified atom stereocenters. The molecule has 0 saturated carbocycles. The quantitative estimate of drug-likeness (QED) is 0.399. The molecule has 1 atom stereocenters. The Hall–Kier alpha value is -2.67. The number of aromatic nitrogens is 2. The number of rotatable bonds is 11. The van der Waals surface area contributed by atoms with Crippen molar-refractivity contribution in [2.75, 3.05) is 13.2 Å². The van der Waals surface area contributed by atoms with E-state index in [0.29, 0.717) is 25.6 Å². The third kappa shape index (κ3) is 7.16. The smallest absolute Gasteiger partial charge is 0.227 e. The maximum atomic E-state index is 10.7. The summed E-state index contributed by atoms with van der Waals surface area (Å²) in [7, 11) is 0. The van der Waals surface area contributed by atoms with E-state index >= 15 is 0 Å². The molecule has 0 amide bonds. The van der Waals surface area contributed by atoms with Crippen LogP contribution in [0.5, 0.6) is 11.6 Å². The fourth-order valence-corrected chi connectivity index (χ4v) is 3.70. The van der Waals surface area contributed by atoms with Gasteiger partial charge < -0.3 is 14.6 Å². The first kappa shape index (κ1) is 25.9. The van der Waals surface area contributed by atoms with Gasteiger partial charge in [-0.15, -0.1) is 0 Å². The van der Waals surface area contributed by atoms with Crippen molar-refractivity contribution < 1.29 is 14.6 Å². The second kappa shape index (κ2) is 11.6. The van der Waals surface area contributed by atoms with Crippen LogP contribution in [0.25, 0.3) is 5.69 Å². The van der Waals surface area contributed by atoms with Crippen LogP contribution in [0.3, 0.4) is 0 Å². The third-order valence-electron chi connectivity index (χ3n) is 5.56. The molecule has 34 heavy (non-hydrogen) atoms. The molecule has 184 valence electrons. The molecule has 0 bridgehead atoms. The number of para-hydroxylation sites is 2. The highest BCUT2D eigenvalue weighted by atomic mass is 16.5. The average molecular weight is 466 g/mol. The first-order valence-corrected chi connectivity index (χ1v) is 12.1. The minimum Gasteiger partial charge on any atom is -0.439 e. The summed E-state index contributed by atoms with van der Waals surface area (Å²) in [6.45, 7) is 13.8. The minimum atomic E-state index is -0.589. The predicted octanol–water partition coefficient (Wildman–Crippen LogP) is 5.61. The lowest BCUT2D eigenvalue weighted by molar-refractivity contribution is -0.0587. The van der Waals surface area contributed by atoms with Crippen molar-refractivity contribution >= 4 is 0 Å². The largest absolute Gasteiger partial charge is 0.439 e. The molecule has 1 N–H and O–H groups in total. The van der Waals surface area contributed by atoms with Gasteiger partial charge in [0.25, 0.3) is 0 Å². The Kier molecular flexibility index (Phi) is 8.89. The molecular weight excluding hydrogens is 426 g/mol. The fraction of sp³-hybridized carbons (Fsp3) is 0.464. The van der Waals surface area contributed by atoms with Gasteiger partial charge in [-0.25, -0.2) is 4.68 Å². The third-order valence-corrected chi connectivity index (χ3v) is 5.56. The number of nitrogens with zero attached hydrogens (tertiary/aromatic N) is 3. The van der Waals surface area contributed by atoms with E-state index in [2.05, 4.69) is 25.7 Å². The number of benzene rings is 2. The van der Waals surface area contributed by atoms with Crippen LogP contribution in [-0.2, 0) is 17.7 Å². The van der Waals surface area contributed by atoms with Gasteiger partial charge in [-0.3, -0.25) is 4.90 Å². The Bertz CT molecular complexity index is 1010. The van der Waals surface area contributed by atoms with E-state index in [1.54, 1.807) is 0 Å². The van der Waals surface area contributed by atoms with Gasteiger partial charge in [0, 0.05) is 19.1 Å². The highest BCUT2D eigenvalue weighted by Gasteiger charge is 2.25. The van der Waals surface area contributed by atoms with Crippen LogP contribution in [0.4, 0.5) is 0 Å². The highest BCUT2D eigenvalue weighted by molar-refractivity contribution is 5.43. The maximum Gasteiger partial charge on any atom is 0.227 e. The lowest BCUT2D eigenvalue weighted by Crippen LogP contribution is -2.40. The Morgan fingerprint density at radius 2 is 1.62 bits per heavy atom. The van der Waals surface area contributed by atoms with Crippen molar-refractivity contribution in [1.29, 1.82) is 0 Å². The first-order chi connectivity index (χ1) is 16.2. The maximum absolute atomic E-state index is 10.7. The lowest BCUT2D eigenvalue weighted by Gasteiger charge is -2.30. The van der Waals surface area contributed by atoms with Crippen molar-refractivity contribution in [3.8, 4) is 17.3 Å². The van der Waals surface area contributed by atoms with Gasteiger partial charge in [-0.2, -0.15) is 5.10 Å². The summed E-state index contributed by atoms with van der Waals surface area (Å²) in [5.74, 6) is 1.47. The summed E-state index contributed by atoms with van der Waals surface area (Å²) >= 11 is 0. The summed E-state index contributed by atoms with van der Waals surface area (Å²) in [6, 6.07) is 20.1. The van der Waals surface area contributed by atoms with Crippen LogP contribution in [0.2, 0.25) is 0 Å². The molecule has 3 aromatic rings. The molecule has 0 aliphatic rings. The van der Waals surface area contributed by atoms with Crippen LogP contribution in [0.1, 0.15) is 52.8 Å². The minimum absolute atomic E-state index is 0.221. The van der Waals surface area contributed by atoms with Crippen molar-refractivity contribution in [3.63, 3.8) is 0 Å². The van der Waals surface area contributed by atoms with Gasteiger partial charge in [0.1, 0.15) is 5.75 Å². The molecule has 1 aromatic heterocycles. The number of ether oxygens (including phenoxy) is 2. The predicted molar refractivity (Wildman–Crippen MR) is 137 cm³/mol. The van der Waals surface area contributed by atoms with Crippen LogP contribution in [0.15, 0.2) is 60.7 Å². The summed E-state index contributed by atoms with van der Waals surface area (Å²) < 4.78 is 14.1. The van der Waals surface area contributed by atoms with Gasteiger partial charge >= 0.3 is 0 Å². The summed E-state index contributed by atoms with van der Waals surface area (Å²) in [5.41, 5.74) is 2.69. The molecule has 1 heterocycles. The Morgan fingerprint density at radius 1 is 1.00 bits per heavy atom. The molecule has 0 radical (unpaired) electrons. The summed E-state index contributed by atoms with van der Waals surface area (Å²) in [4.78, 5) is 2.25. The second-order valence-electron chi connectivity index (χ2n) is 9.85. The average Bonchev–Trinajstić information content (AvgIpc) is 3.15. The summed E-state index contributed by atoms with van der Waals surface area (Å²) in [6.07, 6.45) is 0.191. The van der Waals surface area contributed by atoms with E-state index in [-0.39, 0.29) is 11.6 Å². The lowest BCUT2D eigenvalue weighted by atomic mass is 10.1. The molecule has 2 aromatic carbocycles. The molecule has 6 nitrogen and oxygen atoms in total. The molecule has 0 fully saturated rings. The Morgan fingerprint density at radius 3 is 2.18 bits per heavy atom. The zero-order chi connectivity index (χ0) is 24.7. The van der Waals surface area contributed by atoms with E-state index in [4.69, 9.17) is 14.6 Å². The number of aliphatic hydroxyl groups excluding tert-OH is 1. The molecule has 0 aliphatic carbocycles. The summed E-state index contributed by atoms with van der Waals surface area (Å²) in [5, 5.41) is 15.6. The van der Waals surface area contributed by atoms with E-state index in [9.17, 15) is 5.11 Å². The van der Waals surface area contributed by atoms with E-state index in [1.165, 1.54) is 0 Å². The normalized spacial score (nSPS) is 13.0. The first-order valence-electron chi connectivity index (χ1n) is 12.1. The van der Waals surface area contributed by atoms with Gasteiger partial charge in [0.05, 0.1) is 35.3 Å². The van der Waals surface area contributed by atoms with Gasteiger partial charge in [-0.05, 0) is 65.3 Å². The Labute approximate surface area is 204 Å². The molecule has 0 aliphatic heterocycles. The van der Waals surface area contributed by atoms with Crippen molar-refractivity contribution in [2.24, 2.45) is 0 Å². The number of hydrogen-bond acceptors (Lipinski definition) is 5. The molecule has 0 spiro atoms. The number of aliphatic hydroxyl groups is 1. The number of hydrogen-bond donors (Lipinski definition) is 1. The van der Waals surface area contributed by atoms with Crippen molar-refractivity contribution in [2.45, 2.75) is 72.3 Å². The van der Waals surface area contributed by atoms with E-state index in [0.717, 1.165) is 29.1 Å².